The summed E-state index contributed by atoms with van der Waals surface area (Å²) in [5.41, 5.74) is 4.04. The van der Waals surface area contributed by atoms with Crippen molar-refractivity contribution in [3.05, 3.63) is 77.6 Å². The van der Waals surface area contributed by atoms with Gasteiger partial charge in [-0.2, -0.15) is 0 Å². The molecule has 118 valence electrons. The van der Waals surface area contributed by atoms with E-state index in [4.69, 9.17) is 0 Å². The summed E-state index contributed by atoms with van der Waals surface area (Å²) in [5, 5.41) is 0. The first-order chi connectivity index (χ1) is 10.9. The van der Waals surface area contributed by atoms with Gasteiger partial charge in [0.2, 0.25) is 0 Å². The molecular weight excluding hydrogens is 311 g/mol. The summed E-state index contributed by atoms with van der Waals surface area (Å²) in [4.78, 5) is 0.310. The van der Waals surface area contributed by atoms with Gasteiger partial charge in [-0.3, -0.25) is 0 Å². The van der Waals surface area contributed by atoms with E-state index in [0.29, 0.717) is 4.90 Å². The van der Waals surface area contributed by atoms with Crippen LogP contribution in [-0.2, 0) is 9.84 Å². The molecule has 0 aromatic heterocycles. The molecule has 0 aliphatic heterocycles. The van der Waals surface area contributed by atoms with E-state index >= 15 is 0 Å². The van der Waals surface area contributed by atoms with Gasteiger partial charge in [-0.25, -0.2) is 12.8 Å². The van der Waals surface area contributed by atoms with E-state index in [1.807, 2.05) is 12.1 Å². The van der Waals surface area contributed by atoms with Crippen molar-refractivity contribution in [1.29, 1.82) is 0 Å². The van der Waals surface area contributed by atoms with Crippen LogP contribution in [0.4, 0.5) is 4.39 Å². The molecular formula is C19H17FO2S. The monoisotopic (exact) mass is 328 g/mol. The van der Waals surface area contributed by atoms with E-state index in [-0.39, 0.29) is 5.82 Å². The quantitative estimate of drug-likeness (QED) is 0.832. The first-order valence-electron chi connectivity index (χ1n) is 7.42. The van der Waals surface area contributed by atoms with Crippen molar-refractivity contribution < 1.29 is 12.8 Å². The summed E-state index contributed by atoms with van der Waals surface area (Å²) in [7, 11) is -3.20. The normalized spacial score (nSPS) is 15.0. The highest BCUT2D eigenvalue weighted by molar-refractivity contribution is 7.90. The van der Waals surface area contributed by atoms with Crippen LogP contribution in [0, 0.1) is 5.82 Å². The maximum Gasteiger partial charge on any atom is 0.175 e. The number of sulfone groups is 1. The fourth-order valence-electron chi connectivity index (χ4n) is 2.73. The van der Waals surface area contributed by atoms with E-state index in [1.54, 1.807) is 24.3 Å². The summed E-state index contributed by atoms with van der Waals surface area (Å²) in [6.45, 7) is 0. The van der Waals surface area contributed by atoms with Crippen molar-refractivity contribution in [2.45, 2.75) is 17.7 Å². The number of hydrogen-bond donors (Lipinski definition) is 0. The van der Waals surface area contributed by atoms with Gasteiger partial charge in [-0.1, -0.05) is 36.4 Å². The predicted molar refractivity (Wildman–Crippen MR) is 91.1 cm³/mol. The van der Waals surface area contributed by atoms with Crippen LogP contribution in [0.1, 0.15) is 24.0 Å². The standard InChI is InChI=1S/C19H17FO2S/c1-23(21,22)17-12-8-15(9-13-17)19-5-3-2-4-18(19)14-6-10-16(20)11-7-14/h4-13H,2-3H2,1H3. The third kappa shape index (κ3) is 3.42. The highest BCUT2D eigenvalue weighted by Gasteiger charge is 2.14. The molecule has 0 radical (unpaired) electrons. The molecule has 0 spiro atoms. The highest BCUT2D eigenvalue weighted by Crippen LogP contribution is 2.35. The van der Waals surface area contributed by atoms with Gasteiger partial charge in [-0.15, -0.1) is 0 Å². The lowest BCUT2D eigenvalue weighted by molar-refractivity contribution is 0.602. The Morgan fingerprint density at radius 3 is 1.65 bits per heavy atom. The van der Waals surface area contributed by atoms with E-state index in [1.165, 1.54) is 18.4 Å². The van der Waals surface area contributed by atoms with E-state index in [0.717, 1.165) is 35.1 Å². The summed E-state index contributed by atoms with van der Waals surface area (Å²) in [6, 6.07) is 13.3. The van der Waals surface area contributed by atoms with Crippen LogP contribution in [-0.4, -0.2) is 14.7 Å². The summed E-state index contributed by atoms with van der Waals surface area (Å²) in [5.74, 6) is -0.256. The Hall–Kier alpha value is -2.20. The van der Waals surface area contributed by atoms with Gasteiger partial charge >= 0.3 is 0 Å². The Morgan fingerprint density at radius 2 is 1.22 bits per heavy atom. The second-order valence-electron chi connectivity index (χ2n) is 5.62. The number of allylic oxidation sites excluding steroid dienone is 4. The lowest BCUT2D eigenvalue weighted by Crippen LogP contribution is -1.99. The Morgan fingerprint density at radius 1 is 0.783 bits per heavy atom. The first kappa shape index (κ1) is 15.7. The third-order valence-corrected chi connectivity index (χ3v) is 5.03. The van der Waals surface area contributed by atoms with Crippen LogP contribution in [0.25, 0.3) is 11.1 Å². The van der Waals surface area contributed by atoms with E-state index in [2.05, 4.69) is 12.2 Å². The van der Waals surface area contributed by atoms with Crippen molar-refractivity contribution in [2.24, 2.45) is 0 Å². The topological polar surface area (TPSA) is 34.1 Å². The average molecular weight is 328 g/mol. The average Bonchev–Trinajstić information content (AvgIpc) is 2.55. The predicted octanol–water partition coefficient (Wildman–Crippen LogP) is 4.49. The van der Waals surface area contributed by atoms with E-state index < -0.39 is 9.84 Å². The molecule has 2 aromatic carbocycles. The molecule has 1 aliphatic rings. The third-order valence-electron chi connectivity index (χ3n) is 3.90. The Kier molecular flexibility index (Phi) is 4.18. The Balaban J connectivity index is 1.99. The number of halogens is 1. The van der Waals surface area contributed by atoms with Crippen LogP contribution in [0.3, 0.4) is 0 Å². The molecule has 0 heterocycles. The molecule has 0 unspecified atom stereocenters. The summed E-state index contributed by atoms with van der Waals surface area (Å²) >= 11 is 0. The largest absolute Gasteiger partial charge is 0.224 e. The fourth-order valence-corrected chi connectivity index (χ4v) is 3.36. The second kappa shape index (κ2) is 6.13. The maximum absolute atomic E-state index is 13.1. The lowest BCUT2D eigenvalue weighted by atomic mass is 9.87. The van der Waals surface area contributed by atoms with Crippen molar-refractivity contribution >= 4 is 21.0 Å². The van der Waals surface area contributed by atoms with Crippen LogP contribution in [0.2, 0.25) is 0 Å². The molecule has 0 amide bonds. The summed E-state index contributed by atoms with van der Waals surface area (Å²) < 4.78 is 36.3. The van der Waals surface area contributed by atoms with Gasteiger partial charge in [-0.05, 0) is 59.4 Å². The molecule has 4 heteroatoms. The van der Waals surface area contributed by atoms with E-state index in [9.17, 15) is 12.8 Å². The maximum atomic E-state index is 13.1. The van der Waals surface area contributed by atoms with Crippen molar-refractivity contribution in [3.63, 3.8) is 0 Å². The van der Waals surface area contributed by atoms with Crippen LogP contribution in [0.5, 0.6) is 0 Å². The number of hydrogen-bond acceptors (Lipinski definition) is 2. The zero-order chi connectivity index (χ0) is 16.4. The molecule has 0 fully saturated rings. The molecule has 2 nitrogen and oxygen atoms in total. The minimum atomic E-state index is -3.20. The first-order valence-corrected chi connectivity index (χ1v) is 9.31. The van der Waals surface area contributed by atoms with Crippen molar-refractivity contribution in [3.8, 4) is 0 Å². The molecule has 0 saturated heterocycles. The molecule has 0 N–H and O–H groups in total. The molecule has 2 aromatic rings. The fraction of sp³-hybridized carbons (Fsp3) is 0.158. The molecule has 3 rings (SSSR count). The molecule has 0 atom stereocenters. The smallest absolute Gasteiger partial charge is 0.175 e. The minimum absolute atomic E-state index is 0.256. The zero-order valence-corrected chi connectivity index (χ0v) is 13.6. The molecule has 1 aliphatic carbocycles. The van der Waals surface area contributed by atoms with Crippen LogP contribution < -0.4 is 0 Å². The van der Waals surface area contributed by atoms with Crippen molar-refractivity contribution in [1.82, 2.24) is 0 Å². The summed E-state index contributed by atoms with van der Waals surface area (Å²) in [6.07, 6.45) is 7.37. The molecule has 0 saturated carbocycles. The minimum Gasteiger partial charge on any atom is -0.224 e. The molecule has 0 bridgehead atoms. The zero-order valence-electron chi connectivity index (χ0n) is 12.8. The SMILES string of the molecule is CS(=O)(=O)c1ccc(C2=CCCC=C2c2ccc(F)cc2)cc1. The van der Waals surface area contributed by atoms with Gasteiger partial charge in [0.25, 0.3) is 0 Å². The van der Waals surface area contributed by atoms with Gasteiger partial charge in [0.1, 0.15) is 5.82 Å². The van der Waals surface area contributed by atoms with Gasteiger partial charge < -0.3 is 0 Å². The van der Waals surface area contributed by atoms with Gasteiger partial charge in [0.15, 0.2) is 9.84 Å². The molecule has 23 heavy (non-hydrogen) atoms. The Labute approximate surface area is 135 Å². The Bertz CT molecular complexity index is 874. The second-order valence-corrected chi connectivity index (χ2v) is 7.63. The lowest BCUT2D eigenvalue weighted by Gasteiger charge is -2.17. The number of benzene rings is 2. The van der Waals surface area contributed by atoms with Gasteiger partial charge in [0, 0.05) is 6.26 Å². The van der Waals surface area contributed by atoms with Crippen LogP contribution >= 0.6 is 0 Å². The number of rotatable bonds is 3. The highest BCUT2D eigenvalue weighted by atomic mass is 32.2. The van der Waals surface area contributed by atoms with Crippen LogP contribution in [0.15, 0.2) is 65.6 Å². The van der Waals surface area contributed by atoms with Gasteiger partial charge in [0.05, 0.1) is 4.90 Å². The van der Waals surface area contributed by atoms with Crippen molar-refractivity contribution in [2.75, 3.05) is 6.26 Å².